The highest BCUT2D eigenvalue weighted by molar-refractivity contribution is 5.91. The topological polar surface area (TPSA) is 88.3 Å². The molecule has 3 unspecified atom stereocenters. The van der Waals surface area contributed by atoms with E-state index in [1.165, 1.54) is 4.90 Å². The average Bonchev–Trinajstić information content (AvgIpc) is 3.18. The second kappa shape index (κ2) is 6.92. The van der Waals surface area contributed by atoms with E-state index in [4.69, 9.17) is 0 Å². The Labute approximate surface area is 146 Å². The van der Waals surface area contributed by atoms with Crippen LogP contribution in [0, 0.1) is 5.92 Å². The van der Waals surface area contributed by atoms with Crippen molar-refractivity contribution in [3.63, 3.8) is 0 Å². The molecular weight excluding hydrogens is 320 g/mol. The smallest absolute Gasteiger partial charge is 0.248 e. The summed E-state index contributed by atoms with van der Waals surface area (Å²) < 4.78 is 1.64. The van der Waals surface area contributed by atoms with Crippen molar-refractivity contribution in [1.82, 2.24) is 19.9 Å². The molecule has 0 saturated carbocycles. The molecule has 0 aliphatic carbocycles. The van der Waals surface area contributed by atoms with Crippen LogP contribution in [0.2, 0.25) is 0 Å². The fourth-order valence-corrected chi connectivity index (χ4v) is 3.53. The summed E-state index contributed by atoms with van der Waals surface area (Å²) in [5.41, 5.74) is 1.51. The largest absolute Gasteiger partial charge is 0.391 e. The Morgan fingerprint density at radius 1 is 1.32 bits per heavy atom. The molecule has 0 bridgehead atoms. The summed E-state index contributed by atoms with van der Waals surface area (Å²) in [5.74, 6) is -0.238. The van der Waals surface area contributed by atoms with Crippen LogP contribution in [-0.4, -0.2) is 55.4 Å². The van der Waals surface area contributed by atoms with Crippen LogP contribution in [0.4, 0.5) is 0 Å². The Kier molecular flexibility index (Phi) is 4.85. The van der Waals surface area contributed by atoms with E-state index >= 15 is 0 Å². The number of ketones is 1. The number of β-amino-alcohol motifs (C(OH)–C–C–N with tert-alkyl or cyclic N) is 1. The maximum Gasteiger partial charge on any atom is 0.248 e. The Morgan fingerprint density at radius 3 is 2.72 bits per heavy atom. The highest BCUT2D eigenvalue weighted by atomic mass is 16.3. The van der Waals surface area contributed by atoms with Crippen molar-refractivity contribution in [2.24, 2.45) is 5.92 Å². The van der Waals surface area contributed by atoms with Crippen LogP contribution in [0.25, 0.3) is 11.0 Å². The molecule has 0 radical (unpaired) electrons. The normalized spacial score (nSPS) is 21.9. The van der Waals surface area contributed by atoms with Crippen LogP contribution in [0.1, 0.15) is 39.7 Å². The molecule has 2 heterocycles. The summed E-state index contributed by atoms with van der Waals surface area (Å²) in [7, 11) is 0. The molecule has 25 heavy (non-hydrogen) atoms. The molecule has 1 saturated heterocycles. The zero-order valence-corrected chi connectivity index (χ0v) is 14.8. The molecule has 3 rings (SSSR count). The number of aliphatic hydroxyl groups is 1. The van der Waals surface area contributed by atoms with Gasteiger partial charge in [-0.05, 0) is 18.1 Å². The summed E-state index contributed by atoms with van der Waals surface area (Å²) in [5, 5.41) is 18.3. The van der Waals surface area contributed by atoms with E-state index in [9.17, 15) is 14.7 Å². The second-order valence-electron chi connectivity index (χ2n) is 6.93. The van der Waals surface area contributed by atoms with E-state index < -0.39 is 18.2 Å². The lowest BCUT2D eigenvalue weighted by atomic mass is 10.0. The molecule has 134 valence electrons. The lowest BCUT2D eigenvalue weighted by Crippen LogP contribution is -2.45. The lowest BCUT2D eigenvalue weighted by molar-refractivity contribution is -0.141. The number of rotatable bonds is 5. The number of nitrogens with zero attached hydrogens (tertiary/aromatic N) is 4. The monoisotopic (exact) mass is 344 g/mol. The fourth-order valence-electron chi connectivity index (χ4n) is 3.53. The van der Waals surface area contributed by atoms with Gasteiger partial charge in [0.2, 0.25) is 5.91 Å². The number of fused-ring (bicyclic) bond motifs is 1. The first-order chi connectivity index (χ1) is 11.9. The number of benzene rings is 1. The maximum atomic E-state index is 13.3. The maximum absolute atomic E-state index is 13.3. The third-order valence-corrected chi connectivity index (χ3v) is 4.81. The van der Waals surface area contributed by atoms with Crippen LogP contribution >= 0.6 is 0 Å². The minimum Gasteiger partial charge on any atom is -0.391 e. The van der Waals surface area contributed by atoms with Crippen LogP contribution in [0.5, 0.6) is 0 Å². The second-order valence-corrected chi connectivity index (χ2v) is 6.93. The van der Waals surface area contributed by atoms with Crippen molar-refractivity contribution in [3.8, 4) is 0 Å². The summed E-state index contributed by atoms with van der Waals surface area (Å²) in [6, 6.07) is 6.37. The van der Waals surface area contributed by atoms with Gasteiger partial charge >= 0.3 is 0 Å². The molecule has 1 fully saturated rings. The van der Waals surface area contributed by atoms with Gasteiger partial charge in [-0.3, -0.25) is 9.59 Å². The van der Waals surface area contributed by atoms with Crippen molar-refractivity contribution in [1.29, 1.82) is 0 Å². The van der Waals surface area contributed by atoms with Gasteiger partial charge in [0.15, 0.2) is 5.78 Å². The molecule has 1 amide bonds. The third-order valence-electron chi connectivity index (χ3n) is 4.81. The molecular formula is C18H24N4O3. The van der Waals surface area contributed by atoms with Crippen molar-refractivity contribution in [2.75, 3.05) is 6.54 Å². The van der Waals surface area contributed by atoms with E-state index in [2.05, 4.69) is 10.3 Å². The first-order valence-corrected chi connectivity index (χ1v) is 8.75. The number of Topliss-reactive ketones (excluding diaryl/α,β-unsaturated/α-hetero) is 1. The van der Waals surface area contributed by atoms with Crippen LogP contribution in [-0.2, 0) is 9.59 Å². The Bertz CT molecular complexity index is 785. The number of hydrogen-bond donors (Lipinski definition) is 1. The standard InChI is InChI=1S/C18H24N4O3/c1-4-16(24)15-9-12(23)10-21(15)18(25)17(11(2)3)22-14-8-6-5-7-13(14)19-20-22/h5-8,11-12,15,17,23H,4,9-10H2,1-3H3. The van der Waals surface area contributed by atoms with Crippen molar-refractivity contribution in [3.05, 3.63) is 24.3 Å². The van der Waals surface area contributed by atoms with E-state index in [1.807, 2.05) is 38.1 Å². The number of carbonyl (C=O) groups is 2. The molecule has 1 aromatic heterocycles. The predicted molar refractivity (Wildman–Crippen MR) is 92.8 cm³/mol. The van der Waals surface area contributed by atoms with Crippen LogP contribution in [0.15, 0.2) is 24.3 Å². The van der Waals surface area contributed by atoms with Crippen molar-refractivity contribution >= 4 is 22.7 Å². The third kappa shape index (κ3) is 3.16. The van der Waals surface area contributed by atoms with Gasteiger partial charge in [0.1, 0.15) is 11.6 Å². The number of aliphatic hydroxyl groups excluding tert-OH is 1. The summed E-state index contributed by atoms with van der Waals surface area (Å²) >= 11 is 0. The average molecular weight is 344 g/mol. The zero-order chi connectivity index (χ0) is 18.1. The predicted octanol–water partition coefficient (Wildman–Crippen LogP) is 1.57. The quantitative estimate of drug-likeness (QED) is 0.889. The minimum atomic E-state index is -0.662. The highest BCUT2D eigenvalue weighted by Crippen LogP contribution is 2.29. The molecule has 1 aromatic carbocycles. The molecule has 1 aliphatic rings. The van der Waals surface area contributed by atoms with Gasteiger partial charge in [0.05, 0.1) is 17.7 Å². The van der Waals surface area contributed by atoms with Gasteiger partial charge in [0.25, 0.3) is 0 Å². The van der Waals surface area contributed by atoms with Gasteiger partial charge in [-0.15, -0.1) is 5.10 Å². The number of likely N-dealkylation sites (tertiary alicyclic amines) is 1. The SMILES string of the molecule is CCC(=O)C1CC(O)CN1C(=O)C(C(C)C)n1nnc2ccccc21. The van der Waals surface area contributed by atoms with Gasteiger partial charge in [-0.1, -0.05) is 38.1 Å². The van der Waals surface area contributed by atoms with Gasteiger partial charge in [-0.2, -0.15) is 0 Å². The fraction of sp³-hybridized carbons (Fsp3) is 0.556. The van der Waals surface area contributed by atoms with Crippen molar-refractivity contribution < 1.29 is 14.7 Å². The van der Waals surface area contributed by atoms with Gasteiger partial charge in [-0.25, -0.2) is 4.68 Å². The van der Waals surface area contributed by atoms with E-state index in [1.54, 1.807) is 11.6 Å². The number of hydrogen-bond acceptors (Lipinski definition) is 5. The lowest BCUT2D eigenvalue weighted by Gasteiger charge is -2.29. The Morgan fingerprint density at radius 2 is 2.04 bits per heavy atom. The molecule has 1 N–H and O–H groups in total. The molecule has 1 aliphatic heterocycles. The first-order valence-electron chi connectivity index (χ1n) is 8.75. The van der Waals surface area contributed by atoms with E-state index in [0.717, 1.165) is 11.0 Å². The van der Waals surface area contributed by atoms with E-state index in [0.29, 0.717) is 12.8 Å². The summed E-state index contributed by atoms with van der Waals surface area (Å²) in [4.78, 5) is 27.0. The molecule has 2 aromatic rings. The zero-order valence-electron chi connectivity index (χ0n) is 14.8. The van der Waals surface area contributed by atoms with Crippen LogP contribution < -0.4 is 0 Å². The van der Waals surface area contributed by atoms with E-state index in [-0.39, 0.29) is 24.2 Å². The van der Waals surface area contributed by atoms with Crippen LogP contribution in [0.3, 0.4) is 0 Å². The number of aromatic nitrogens is 3. The highest BCUT2D eigenvalue weighted by Gasteiger charge is 2.42. The van der Waals surface area contributed by atoms with Gasteiger partial charge in [0, 0.05) is 19.4 Å². The summed E-state index contributed by atoms with van der Waals surface area (Å²) in [6.07, 6.45) is -0.00840. The molecule has 3 atom stereocenters. The molecule has 7 heteroatoms. The molecule has 0 spiro atoms. The Hall–Kier alpha value is -2.28. The summed E-state index contributed by atoms with van der Waals surface area (Å²) in [6.45, 7) is 5.86. The van der Waals surface area contributed by atoms with Crippen molar-refractivity contribution in [2.45, 2.75) is 51.8 Å². The first kappa shape index (κ1) is 17.5. The Balaban J connectivity index is 1.98. The number of carbonyl (C=O) groups excluding carboxylic acids is 2. The number of amides is 1. The number of para-hydroxylation sites is 1. The molecule has 7 nitrogen and oxygen atoms in total. The minimum absolute atomic E-state index is 0.0177. The van der Waals surface area contributed by atoms with Gasteiger partial charge < -0.3 is 10.0 Å².